The van der Waals surface area contributed by atoms with Crippen LogP contribution < -0.4 is 5.63 Å². The molecule has 31 heavy (non-hydrogen) atoms. The Morgan fingerprint density at radius 2 is 1.90 bits per heavy atom. The molecule has 0 radical (unpaired) electrons. The molecular weight excluding hydrogens is 414 g/mol. The Morgan fingerprint density at radius 3 is 2.61 bits per heavy atom. The molecule has 4 rings (SSSR count). The van der Waals surface area contributed by atoms with Gasteiger partial charge in [-0.25, -0.2) is 24.5 Å². The summed E-state index contributed by atoms with van der Waals surface area (Å²) in [5.74, 6) is 0.262. The van der Waals surface area contributed by atoms with Gasteiger partial charge in [-0.3, -0.25) is 0 Å². The van der Waals surface area contributed by atoms with Crippen LogP contribution in [0.15, 0.2) is 45.9 Å². The van der Waals surface area contributed by atoms with Crippen molar-refractivity contribution in [3.8, 4) is 10.8 Å². The largest absolute Gasteiger partial charge is 0.457 e. The standard InChI is InChI=1S/C23H21N3O4S/c1-12(2)16-10-17-15(9-19(27)30-18(17)8-13(16)3)11-29-23(28)20-14(4)26-22(31-20)21-24-6-5-7-25-21/h5-10,12H,11H2,1-4H3. The summed E-state index contributed by atoms with van der Waals surface area (Å²) in [4.78, 5) is 37.9. The van der Waals surface area contributed by atoms with E-state index in [1.54, 1.807) is 25.4 Å². The molecule has 1 aromatic carbocycles. The maximum atomic E-state index is 12.7. The Bertz CT molecular complexity index is 1330. The van der Waals surface area contributed by atoms with Crippen molar-refractivity contribution in [2.45, 2.75) is 40.2 Å². The van der Waals surface area contributed by atoms with Crippen molar-refractivity contribution in [1.82, 2.24) is 15.0 Å². The average molecular weight is 436 g/mol. The number of nitrogens with zero attached hydrogens (tertiary/aromatic N) is 3. The normalized spacial score (nSPS) is 11.3. The molecule has 0 aliphatic heterocycles. The lowest BCUT2D eigenvalue weighted by Crippen LogP contribution is -2.08. The summed E-state index contributed by atoms with van der Waals surface area (Å²) in [5.41, 5.74) is 3.36. The highest BCUT2D eigenvalue weighted by molar-refractivity contribution is 7.16. The molecule has 0 amide bonds. The van der Waals surface area contributed by atoms with Gasteiger partial charge in [0.05, 0.1) is 5.69 Å². The maximum Gasteiger partial charge on any atom is 0.350 e. The topological polar surface area (TPSA) is 95.2 Å². The quantitative estimate of drug-likeness (QED) is 0.328. The summed E-state index contributed by atoms with van der Waals surface area (Å²) < 4.78 is 10.9. The van der Waals surface area contributed by atoms with E-state index < -0.39 is 11.6 Å². The summed E-state index contributed by atoms with van der Waals surface area (Å²) in [6.07, 6.45) is 3.24. The predicted molar refractivity (Wildman–Crippen MR) is 118 cm³/mol. The number of hydrogen-bond acceptors (Lipinski definition) is 8. The number of carbonyl (C=O) groups is 1. The number of fused-ring (bicyclic) bond motifs is 1. The average Bonchev–Trinajstić information content (AvgIpc) is 3.13. The maximum absolute atomic E-state index is 12.7. The molecule has 0 bridgehead atoms. The molecule has 0 N–H and O–H groups in total. The molecule has 0 saturated heterocycles. The second kappa shape index (κ2) is 8.39. The Labute approximate surface area is 182 Å². The minimum absolute atomic E-state index is 0.0456. The summed E-state index contributed by atoms with van der Waals surface area (Å²) in [5, 5.41) is 1.31. The van der Waals surface area contributed by atoms with Crippen molar-refractivity contribution in [3.63, 3.8) is 0 Å². The smallest absolute Gasteiger partial charge is 0.350 e. The van der Waals surface area contributed by atoms with Crippen molar-refractivity contribution in [2.24, 2.45) is 0 Å². The molecule has 0 unspecified atom stereocenters. The van der Waals surface area contributed by atoms with Crippen LogP contribution in [0.2, 0.25) is 0 Å². The summed E-state index contributed by atoms with van der Waals surface area (Å²) in [6.45, 7) is 7.89. The van der Waals surface area contributed by atoms with Gasteiger partial charge < -0.3 is 9.15 Å². The van der Waals surface area contributed by atoms with Crippen LogP contribution in [-0.2, 0) is 11.3 Å². The number of carbonyl (C=O) groups excluding carboxylic acids is 1. The molecule has 158 valence electrons. The van der Waals surface area contributed by atoms with E-state index in [0.717, 1.165) is 16.5 Å². The predicted octanol–water partition coefficient (Wildman–Crippen LogP) is 4.80. The molecule has 0 fully saturated rings. The molecular formula is C23H21N3O4S. The van der Waals surface area contributed by atoms with Crippen LogP contribution >= 0.6 is 11.3 Å². The summed E-state index contributed by atoms with van der Waals surface area (Å²) in [7, 11) is 0. The molecule has 3 aromatic heterocycles. The summed E-state index contributed by atoms with van der Waals surface area (Å²) >= 11 is 1.18. The van der Waals surface area contributed by atoms with Crippen LogP contribution in [-0.4, -0.2) is 20.9 Å². The number of ether oxygens (including phenoxy) is 1. The second-order valence-electron chi connectivity index (χ2n) is 7.53. The monoisotopic (exact) mass is 435 g/mol. The van der Waals surface area contributed by atoms with E-state index in [1.807, 2.05) is 19.1 Å². The zero-order valence-corrected chi connectivity index (χ0v) is 18.4. The highest BCUT2D eigenvalue weighted by Crippen LogP contribution is 2.29. The van der Waals surface area contributed by atoms with Crippen molar-refractivity contribution in [1.29, 1.82) is 0 Å². The molecule has 8 heteroatoms. The second-order valence-corrected chi connectivity index (χ2v) is 8.53. The number of esters is 1. The van der Waals surface area contributed by atoms with E-state index in [2.05, 4.69) is 28.8 Å². The third-order valence-corrected chi connectivity index (χ3v) is 6.07. The van der Waals surface area contributed by atoms with Gasteiger partial charge in [0.25, 0.3) is 0 Å². The van der Waals surface area contributed by atoms with Gasteiger partial charge in [-0.2, -0.15) is 0 Å². The van der Waals surface area contributed by atoms with Gasteiger partial charge in [0, 0.05) is 29.4 Å². The zero-order chi connectivity index (χ0) is 22.1. The third-order valence-electron chi connectivity index (χ3n) is 4.94. The Balaban J connectivity index is 1.62. The summed E-state index contributed by atoms with van der Waals surface area (Å²) in [6, 6.07) is 6.95. The molecule has 0 aliphatic carbocycles. The van der Waals surface area contributed by atoms with E-state index in [9.17, 15) is 9.59 Å². The number of hydrogen-bond donors (Lipinski definition) is 0. The van der Waals surface area contributed by atoms with Gasteiger partial charge in [-0.1, -0.05) is 13.8 Å². The number of rotatable bonds is 5. The number of thiazole rings is 1. The molecule has 7 nitrogen and oxygen atoms in total. The first-order valence-corrected chi connectivity index (χ1v) is 10.6. The number of benzene rings is 1. The lowest BCUT2D eigenvalue weighted by atomic mass is 9.95. The Morgan fingerprint density at radius 1 is 1.16 bits per heavy atom. The zero-order valence-electron chi connectivity index (χ0n) is 17.6. The van der Waals surface area contributed by atoms with E-state index in [-0.39, 0.29) is 6.61 Å². The molecule has 0 atom stereocenters. The SMILES string of the molecule is Cc1cc2oc(=O)cc(COC(=O)c3sc(-c4ncccn4)nc3C)c2cc1C(C)C. The third kappa shape index (κ3) is 4.25. The first-order valence-electron chi connectivity index (χ1n) is 9.82. The van der Waals surface area contributed by atoms with E-state index in [4.69, 9.17) is 9.15 Å². The van der Waals surface area contributed by atoms with Gasteiger partial charge in [0.1, 0.15) is 17.1 Å². The van der Waals surface area contributed by atoms with Crippen LogP contribution in [0.3, 0.4) is 0 Å². The van der Waals surface area contributed by atoms with Crippen LogP contribution in [0.5, 0.6) is 0 Å². The first-order chi connectivity index (χ1) is 14.8. The fourth-order valence-corrected chi connectivity index (χ4v) is 4.34. The Kier molecular flexibility index (Phi) is 5.65. The molecule has 4 aromatic rings. The van der Waals surface area contributed by atoms with Crippen LogP contribution in [0, 0.1) is 13.8 Å². The highest BCUT2D eigenvalue weighted by atomic mass is 32.1. The molecule has 0 spiro atoms. The number of aromatic nitrogens is 3. The van der Waals surface area contributed by atoms with Gasteiger partial charge >= 0.3 is 11.6 Å². The Hall–Kier alpha value is -3.39. The lowest BCUT2D eigenvalue weighted by molar-refractivity contribution is 0.0478. The minimum Gasteiger partial charge on any atom is -0.457 e. The van der Waals surface area contributed by atoms with E-state index >= 15 is 0 Å². The van der Waals surface area contributed by atoms with E-state index in [1.165, 1.54) is 17.4 Å². The fraction of sp³-hybridized carbons (Fsp3) is 0.261. The molecule has 0 aliphatic rings. The van der Waals surface area contributed by atoms with Gasteiger partial charge in [0.2, 0.25) is 0 Å². The first kappa shape index (κ1) is 20.9. The molecule has 3 heterocycles. The van der Waals surface area contributed by atoms with Crippen molar-refractivity contribution in [2.75, 3.05) is 0 Å². The van der Waals surface area contributed by atoms with Crippen molar-refractivity contribution in [3.05, 3.63) is 74.3 Å². The van der Waals surface area contributed by atoms with Gasteiger partial charge in [0.15, 0.2) is 10.8 Å². The van der Waals surface area contributed by atoms with Crippen LogP contribution in [0.1, 0.15) is 51.8 Å². The van der Waals surface area contributed by atoms with Gasteiger partial charge in [-0.05, 0) is 49.1 Å². The fourth-order valence-electron chi connectivity index (χ4n) is 3.43. The minimum atomic E-state index is -0.505. The lowest BCUT2D eigenvalue weighted by Gasteiger charge is -2.13. The van der Waals surface area contributed by atoms with Gasteiger partial charge in [-0.15, -0.1) is 11.3 Å². The van der Waals surface area contributed by atoms with Crippen LogP contribution in [0.25, 0.3) is 21.8 Å². The van der Waals surface area contributed by atoms with Crippen LogP contribution in [0.4, 0.5) is 0 Å². The molecule has 0 saturated carbocycles. The highest BCUT2D eigenvalue weighted by Gasteiger charge is 2.20. The van der Waals surface area contributed by atoms with Crippen molar-refractivity contribution >= 4 is 28.3 Å². The number of aryl methyl sites for hydroxylation is 2. The van der Waals surface area contributed by atoms with Crippen molar-refractivity contribution < 1.29 is 13.9 Å². The van der Waals surface area contributed by atoms with E-state index in [0.29, 0.717) is 38.5 Å².